The topological polar surface area (TPSA) is 97.3 Å². The molecule has 3 aromatic carbocycles. The molecule has 0 atom stereocenters. The molecule has 9 heteroatoms. The summed E-state index contributed by atoms with van der Waals surface area (Å²) in [5.41, 5.74) is 1.13. The number of amides is 3. The van der Waals surface area contributed by atoms with E-state index in [0.717, 1.165) is 17.5 Å². The zero-order chi connectivity index (χ0) is 23.9. The molecule has 0 fully saturated rings. The van der Waals surface area contributed by atoms with Crippen LogP contribution in [-0.2, 0) is 14.4 Å². The van der Waals surface area contributed by atoms with Crippen LogP contribution < -0.4 is 19.7 Å². The van der Waals surface area contributed by atoms with E-state index in [2.05, 4.69) is 10.3 Å². The first-order chi connectivity index (χ1) is 16.5. The molecule has 0 radical (unpaired) electrons. The fourth-order valence-corrected chi connectivity index (χ4v) is 3.99. The van der Waals surface area contributed by atoms with Crippen molar-refractivity contribution in [2.24, 2.45) is 4.99 Å². The largest absolute Gasteiger partial charge is 0.497 e. The highest BCUT2D eigenvalue weighted by Gasteiger charge is 2.30. The first-order valence-corrected chi connectivity index (χ1v) is 11.3. The summed E-state index contributed by atoms with van der Waals surface area (Å²) < 4.78 is 10.9. The number of methoxy groups -OCH3 is 1. The Morgan fingerprint density at radius 3 is 2.26 bits per heavy atom. The molecule has 4 rings (SSSR count). The molecule has 0 saturated carbocycles. The lowest BCUT2D eigenvalue weighted by atomic mass is 10.2. The predicted octanol–water partition coefficient (Wildman–Crippen LogP) is 4.48. The Bertz CT molecular complexity index is 1210. The van der Waals surface area contributed by atoms with Crippen LogP contribution in [0.1, 0.15) is 6.42 Å². The van der Waals surface area contributed by atoms with E-state index in [4.69, 9.17) is 9.47 Å². The maximum Gasteiger partial charge on any atom is 0.257 e. The minimum Gasteiger partial charge on any atom is -0.497 e. The van der Waals surface area contributed by atoms with Gasteiger partial charge in [0, 0.05) is 5.69 Å². The Balaban J connectivity index is 1.37. The molecule has 0 unspecified atom stereocenters. The summed E-state index contributed by atoms with van der Waals surface area (Å²) in [6.45, 7) is 0. The number of aliphatic imine (C=N–C) groups is 1. The van der Waals surface area contributed by atoms with Gasteiger partial charge in [-0.05, 0) is 60.7 Å². The fourth-order valence-electron chi connectivity index (χ4n) is 3.15. The van der Waals surface area contributed by atoms with Crippen LogP contribution in [0, 0.1) is 0 Å². The van der Waals surface area contributed by atoms with Gasteiger partial charge in [0.15, 0.2) is 5.17 Å². The minimum atomic E-state index is -0.535. The molecule has 1 heterocycles. The first-order valence-electron chi connectivity index (χ1n) is 10.4. The third-order valence-corrected chi connectivity index (χ3v) is 5.68. The zero-order valence-electron chi connectivity index (χ0n) is 18.3. The predicted molar refractivity (Wildman–Crippen MR) is 132 cm³/mol. The number of benzene rings is 3. The number of nitrogens with zero attached hydrogens (tertiary/aromatic N) is 2. The van der Waals surface area contributed by atoms with Crippen molar-refractivity contribution >= 4 is 46.0 Å². The van der Waals surface area contributed by atoms with Gasteiger partial charge < -0.3 is 14.8 Å². The van der Waals surface area contributed by atoms with Gasteiger partial charge in [-0.3, -0.25) is 19.3 Å². The Morgan fingerprint density at radius 1 is 0.941 bits per heavy atom. The summed E-state index contributed by atoms with van der Waals surface area (Å²) in [7, 11) is 1.55. The second-order valence-corrected chi connectivity index (χ2v) is 8.11. The molecule has 0 aliphatic carbocycles. The average molecular weight is 476 g/mol. The number of para-hydroxylation sites is 1. The van der Waals surface area contributed by atoms with Gasteiger partial charge in [0.2, 0.25) is 11.8 Å². The van der Waals surface area contributed by atoms with Crippen LogP contribution in [0.5, 0.6) is 17.2 Å². The number of ether oxygens (including phenoxy) is 2. The molecule has 0 bridgehead atoms. The van der Waals surface area contributed by atoms with Crippen molar-refractivity contribution in [3.8, 4) is 17.2 Å². The lowest BCUT2D eigenvalue weighted by Crippen LogP contribution is -2.41. The number of nitrogens with one attached hydrogen (secondary N) is 1. The Morgan fingerprint density at radius 2 is 1.59 bits per heavy atom. The maximum absolute atomic E-state index is 12.5. The van der Waals surface area contributed by atoms with Crippen LogP contribution in [0.25, 0.3) is 0 Å². The number of hydrogen-bond acceptors (Lipinski definition) is 6. The second kappa shape index (κ2) is 10.7. The molecule has 172 valence electrons. The van der Waals surface area contributed by atoms with E-state index < -0.39 is 11.8 Å². The summed E-state index contributed by atoms with van der Waals surface area (Å²) in [5.74, 6) is 0.721. The minimum absolute atomic E-state index is 0.0334. The molecule has 0 spiro atoms. The van der Waals surface area contributed by atoms with E-state index in [-0.39, 0.29) is 23.2 Å². The summed E-state index contributed by atoms with van der Waals surface area (Å²) >= 11 is 1.02. The maximum atomic E-state index is 12.5. The molecule has 8 nitrogen and oxygen atoms in total. The van der Waals surface area contributed by atoms with Crippen molar-refractivity contribution in [1.82, 2.24) is 0 Å². The smallest absolute Gasteiger partial charge is 0.257 e. The molecule has 1 N–H and O–H groups in total. The molecule has 3 amide bonds. The highest BCUT2D eigenvalue weighted by molar-refractivity contribution is 8.14. The second-order valence-electron chi connectivity index (χ2n) is 7.17. The fraction of sp³-hybridized carbons (Fsp3) is 0.120. The third kappa shape index (κ3) is 5.81. The quantitative estimate of drug-likeness (QED) is 0.506. The van der Waals surface area contributed by atoms with Crippen molar-refractivity contribution in [1.29, 1.82) is 0 Å². The van der Waals surface area contributed by atoms with Crippen molar-refractivity contribution in [2.75, 3.05) is 23.1 Å². The van der Waals surface area contributed by atoms with E-state index in [1.165, 1.54) is 4.90 Å². The normalized spacial score (nSPS) is 13.3. The van der Waals surface area contributed by atoms with E-state index in [0.29, 0.717) is 22.9 Å². The van der Waals surface area contributed by atoms with E-state index in [9.17, 15) is 14.4 Å². The number of carbonyl (C=O) groups excluding carboxylic acids is 3. The highest BCUT2D eigenvalue weighted by Crippen LogP contribution is 2.27. The number of rotatable bonds is 7. The number of hydrogen-bond donors (Lipinski definition) is 1. The average Bonchev–Trinajstić information content (AvgIpc) is 2.84. The number of anilines is 2. The van der Waals surface area contributed by atoms with Gasteiger partial charge in [-0.1, -0.05) is 30.0 Å². The van der Waals surface area contributed by atoms with Gasteiger partial charge in [-0.2, -0.15) is 4.99 Å². The van der Waals surface area contributed by atoms with Gasteiger partial charge in [-0.15, -0.1) is 0 Å². The van der Waals surface area contributed by atoms with Crippen molar-refractivity contribution in [3.63, 3.8) is 0 Å². The monoisotopic (exact) mass is 475 g/mol. The number of thioether (sulfide) groups is 1. The lowest BCUT2D eigenvalue weighted by Gasteiger charge is -2.26. The van der Waals surface area contributed by atoms with Gasteiger partial charge in [0.1, 0.15) is 23.7 Å². The summed E-state index contributed by atoms with van der Waals surface area (Å²) in [6, 6.07) is 23.2. The Hall–Kier alpha value is -4.11. The molecular weight excluding hydrogens is 454 g/mol. The summed E-state index contributed by atoms with van der Waals surface area (Å²) in [5, 5.41) is 2.95. The molecular formula is C25H21N3O5S. The van der Waals surface area contributed by atoms with Gasteiger partial charge in [0.25, 0.3) is 5.91 Å². The molecule has 34 heavy (non-hydrogen) atoms. The molecule has 0 aromatic heterocycles. The summed E-state index contributed by atoms with van der Waals surface area (Å²) in [6.07, 6.45) is -0.320. The SMILES string of the molecule is COc1ccc(N2C(=O)CC(=O)N=C2SCC(=O)Nc2ccc(Oc3ccccc3)cc2)cc1. The van der Waals surface area contributed by atoms with Crippen molar-refractivity contribution in [2.45, 2.75) is 6.42 Å². The van der Waals surface area contributed by atoms with Crippen LogP contribution in [0.2, 0.25) is 0 Å². The molecule has 0 saturated heterocycles. The van der Waals surface area contributed by atoms with Crippen LogP contribution in [-0.4, -0.2) is 35.8 Å². The van der Waals surface area contributed by atoms with Crippen LogP contribution in [0.4, 0.5) is 11.4 Å². The van der Waals surface area contributed by atoms with Gasteiger partial charge in [0.05, 0.1) is 18.6 Å². The first kappa shape index (κ1) is 23.1. The van der Waals surface area contributed by atoms with Gasteiger partial charge >= 0.3 is 0 Å². The Labute approximate surface area is 200 Å². The zero-order valence-corrected chi connectivity index (χ0v) is 19.1. The van der Waals surface area contributed by atoms with E-state index in [1.54, 1.807) is 55.6 Å². The van der Waals surface area contributed by atoms with E-state index >= 15 is 0 Å². The standard InChI is InChI=1S/C25H21N3O5S/c1-32-19-13-9-18(10-14-19)28-24(31)15-22(29)27-25(28)34-16-23(30)26-17-7-11-21(12-8-17)33-20-5-3-2-4-6-20/h2-14H,15-16H2,1H3,(H,26,30). The van der Waals surface area contributed by atoms with E-state index in [1.807, 2.05) is 30.3 Å². The van der Waals surface area contributed by atoms with Crippen molar-refractivity contribution < 1.29 is 23.9 Å². The van der Waals surface area contributed by atoms with Crippen LogP contribution >= 0.6 is 11.8 Å². The summed E-state index contributed by atoms with van der Waals surface area (Å²) in [4.78, 5) is 42.2. The Kier molecular flexibility index (Phi) is 7.24. The van der Waals surface area contributed by atoms with Crippen molar-refractivity contribution in [3.05, 3.63) is 78.9 Å². The third-order valence-electron chi connectivity index (χ3n) is 4.74. The highest BCUT2D eigenvalue weighted by atomic mass is 32.2. The van der Waals surface area contributed by atoms with Crippen LogP contribution in [0.15, 0.2) is 83.9 Å². The molecule has 1 aliphatic heterocycles. The van der Waals surface area contributed by atoms with Gasteiger partial charge in [-0.25, -0.2) is 0 Å². The molecule has 3 aromatic rings. The molecule has 1 aliphatic rings. The van der Waals surface area contributed by atoms with Crippen LogP contribution in [0.3, 0.4) is 0 Å². The number of amidine groups is 1. The lowest BCUT2D eigenvalue weighted by molar-refractivity contribution is -0.126. The number of carbonyl (C=O) groups is 3.